The number of aromatic amines is 1. The average molecular weight is 314 g/mol. The lowest BCUT2D eigenvalue weighted by molar-refractivity contribution is 0.596. The van der Waals surface area contributed by atoms with E-state index in [4.69, 9.17) is 0 Å². The Morgan fingerprint density at radius 1 is 1.40 bits per heavy atom. The molecule has 0 amide bonds. The minimum Gasteiger partial charge on any atom is -0.360 e. The monoisotopic (exact) mass is 314 g/mol. The fourth-order valence-corrected chi connectivity index (χ4v) is 3.00. The van der Waals surface area contributed by atoms with Crippen molar-refractivity contribution in [2.75, 3.05) is 11.9 Å². The quantitative estimate of drug-likeness (QED) is 0.588. The van der Waals surface area contributed by atoms with Gasteiger partial charge in [0.25, 0.3) is 0 Å². The highest BCUT2D eigenvalue weighted by Crippen LogP contribution is 2.23. The molecule has 0 aliphatic carbocycles. The maximum absolute atomic E-state index is 11.2. The fourth-order valence-electron chi connectivity index (χ4n) is 1.33. The van der Waals surface area contributed by atoms with Crippen molar-refractivity contribution in [2.45, 2.75) is 24.3 Å². The Bertz CT molecular complexity index is 692. The van der Waals surface area contributed by atoms with Gasteiger partial charge in [0.15, 0.2) is 5.16 Å². The number of anilines is 1. The number of hydrogen-bond acceptors (Lipinski definition) is 8. The number of thioether (sulfide) groups is 1. The van der Waals surface area contributed by atoms with E-state index in [1.54, 1.807) is 7.05 Å². The van der Waals surface area contributed by atoms with Crippen LogP contribution in [0.5, 0.6) is 0 Å². The van der Waals surface area contributed by atoms with Gasteiger partial charge >= 0.3 is 11.1 Å². The number of nitrogens with one attached hydrogen (secondary N) is 2. The molecule has 2 aromatic heterocycles. The Hall–Kier alpha value is -1.68. The van der Waals surface area contributed by atoms with Gasteiger partial charge in [-0.05, 0) is 6.42 Å². The number of nitrogens with zero attached hydrogens (tertiary/aromatic N) is 4. The van der Waals surface area contributed by atoms with Crippen molar-refractivity contribution in [1.82, 2.24) is 25.0 Å². The number of hydrogen-bond donors (Lipinski definition) is 2. The van der Waals surface area contributed by atoms with Crippen molar-refractivity contribution in [1.29, 1.82) is 0 Å². The summed E-state index contributed by atoms with van der Waals surface area (Å²) >= 11 is 2.79. The van der Waals surface area contributed by atoms with Gasteiger partial charge < -0.3 is 5.32 Å². The molecule has 0 fully saturated rings. The van der Waals surface area contributed by atoms with Crippen LogP contribution in [-0.2, 0) is 12.8 Å². The molecule has 0 spiro atoms. The van der Waals surface area contributed by atoms with Gasteiger partial charge in [-0.3, -0.25) is 19.4 Å². The summed E-state index contributed by atoms with van der Waals surface area (Å²) in [5, 5.41) is 15.7. The van der Waals surface area contributed by atoms with E-state index in [-0.39, 0.29) is 0 Å². The molecule has 0 saturated heterocycles. The largest absolute Gasteiger partial charge is 0.360 e. The Balaban J connectivity index is 2.02. The van der Waals surface area contributed by atoms with E-state index < -0.39 is 11.1 Å². The van der Waals surface area contributed by atoms with E-state index in [1.807, 2.05) is 0 Å². The molecule has 0 aromatic carbocycles. The van der Waals surface area contributed by atoms with E-state index in [9.17, 15) is 9.59 Å². The Morgan fingerprint density at radius 2 is 2.20 bits per heavy atom. The van der Waals surface area contributed by atoms with E-state index in [0.29, 0.717) is 10.9 Å². The van der Waals surface area contributed by atoms with Crippen LogP contribution in [0.3, 0.4) is 0 Å². The maximum atomic E-state index is 11.2. The number of rotatable bonds is 6. The Kier molecular flexibility index (Phi) is 4.90. The van der Waals surface area contributed by atoms with Gasteiger partial charge in [0.1, 0.15) is 5.01 Å². The molecule has 0 bridgehead atoms. The second kappa shape index (κ2) is 6.66. The van der Waals surface area contributed by atoms with Crippen molar-refractivity contribution < 1.29 is 0 Å². The first-order valence-corrected chi connectivity index (χ1v) is 7.76. The van der Waals surface area contributed by atoms with Gasteiger partial charge in [-0.15, -0.1) is 10.2 Å². The molecule has 0 saturated carbocycles. The van der Waals surface area contributed by atoms with Gasteiger partial charge in [0, 0.05) is 13.6 Å². The molecule has 2 heterocycles. The van der Waals surface area contributed by atoms with Crippen LogP contribution in [0.4, 0.5) is 5.13 Å². The van der Waals surface area contributed by atoms with E-state index >= 15 is 0 Å². The molecule has 2 N–H and O–H groups in total. The van der Waals surface area contributed by atoms with E-state index in [1.165, 1.54) is 27.8 Å². The smallest absolute Gasteiger partial charge is 0.339 e. The molecule has 20 heavy (non-hydrogen) atoms. The third-order valence-electron chi connectivity index (χ3n) is 2.27. The maximum Gasteiger partial charge on any atom is 0.339 e. The molecule has 0 unspecified atom stereocenters. The first kappa shape index (κ1) is 14.7. The molecule has 2 aromatic rings. The van der Waals surface area contributed by atoms with Crippen molar-refractivity contribution in [3.05, 3.63) is 25.7 Å². The van der Waals surface area contributed by atoms with Gasteiger partial charge in [-0.25, -0.2) is 0 Å². The van der Waals surface area contributed by atoms with Gasteiger partial charge in [0.05, 0.1) is 5.75 Å². The second-order valence-corrected chi connectivity index (χ2v) is 5.92. The topological polar surface area (TPSA) is 106 Å². The molecule has 0 radical (unpaired) electrons. The zero-order chi connectivity index (χ0) is 14.5. The zero-order valence-corrected chi connectivity index (χ0v) is 12.7. The van der Waals surface area contributed by atoms with Crippen LogP contribution in [0.15, 0.2) is 14.7 Å². The van der Waals surface area contributed by atoms with Crippen LogP contribution in [0.1, 0.15) is 18.4 Å². The summed E-state index contributed by atoms with van der Waals surface area (Å²) < 4.78 is 1.42. The highest BCUT2D eigenvalue weighted by atomic mass is 32.2. The Morgan fingerprint density at radius 3 is 2.95 bits per heavy atom. The predicted molar refractivity (Wildman–Crippen MR) is 78.3 cm³/mol. The first-order valence-electron chi connectivity index (χ1n) is 5.96. The second-order valence-electron chi connectivity index (χ2n) is 3.92. The van der Waals surface area contributed by atoms with Crippen LogP contribution in [0.25, 0.3) is 0 Å². The highest BCUT2D eigenvalue weighted by molar-refractivity contribution is 7.98. The standard InChI is InChI=1S/C10H14N6O2S2/c1-3-4-11-9-14-13-6(20-9)5-19-10-12-7(17)8(18)15-16(10)2/h3-5H2,1-2H3,(H,11,14)(H,15,18). The van der Waals surface area contributed by atoms with Crippen LogP contribution in [0, 0.1) is 0 Å². The van der Waals surface area contributed by atoms with E-state index in [0.717, 1.165) is 23.1 Å². The van der Waals surface area contributed by atoms with Crippen LogP contribution in [-0.4, -0.2) is 31.5 Å². The molecule has 10 heteroatoms. The van der Waals surface area contributed by atoms with Crippen LogP contribution < -0.4 is 16.4 Å². The summed E-state index contributed by atoms with van der Waals surface area (Å²) in [4.78, 5) is 26.0. The molecule has 108 valence electrons. The molecule has 0 aliphatic heterocycles. The summed E-state index contributed by atoms with van der Waals surface area (Å²) in [7, 11) is 1.63. The van der Waals surface area contributed by atoms with Gasteiger partial charge in [0.2, 0.25) is 5.13 Å². The Labute approximate surface area is 122 Å². The lowest BCUT2D eigenvalue weighted by Gasteiger charge is -2.03. The van der Waals surface area contributed by atoms with Crippen molar-refractivity contribution in [3.63, 3.8) is 0 Å². The average Bonchev–Trinajstić information content (AvgIpc) is 2.87. The predicted octanol–water partition coefficient (Wildman–Crippen LogP) is 0.434. The van der Waals surface area contributed by atoms with Gasteiger partial charge in [-0.2, -0.15) is 4.98 Å². The number of H-pyrrole nitrogens is 1. The number of aromatic nitrogens is 5. The third kappa shape index (κ3) is 3.67. The summed E-state index contributed by atoms with van der Waals surface area (Å²) in [6.07, 6.45) is 1.02. The van der Waals surface area contributed by atoms with E-state index in [2.05, 4.69) is 32.5 Å². The molecule has 0 atom stereocenters. The van der Waals surface area contributed by atoms with Crippen LogP contribution in [0.2, 0.25) is 0 Å². The highest BCUT2D eigenvalue weighted by Gasteiger charge is 2.08. The first-order chi connectivity index (χ1) is 9.60. The summed E-state index contributed by atoms with van der Waals surface area (Å²) in [5.41, 5.74) is -1.51. The lowest BCUT2D eigenvalue weighted by atomic mass is 10.5. The molecule has 0 aliphatic rings. The zero-order valence-electron chi connectivity index (χ0n) is 11.0. The summed E-state index contributed by atoms with van der Waals surface area (Å²) in [5.74, 6) is 0.539. The molecule has 2 rings (SSSR count). The molecular formula is C10H14N6O2S2. The lowest BCUT2D eigenvalue weighted by Crippen LogP contribution is -2.33. The molecular weight excluding hydrogens is 300 g/mol. The molecule has 8 nitrogen and oxygen atoms in total. The van der Waals surface area contributed by atoms with Crippen molar-refractivity contribution in [2.24, 2.45) is 7.05 Å². The van der Waals surface area contributed by atoms with Crippen molar-refractivity contribution >= 4 is 28.2 Å². The minimum absolute atomic E-state index is 0.438. The summed E-state index contributed by atoms with van der Waals surface area (Å²) in [6, 6.07) is 0. The van der Waals surface area contributed by atoms with Crippen LogP contribution >= 0.6 is 23.1 Å². The van der Waals surface area contributed by atoms with Gasteiger partial charge in [-0.1, -0.05) is 30.0 Å². The SMILES string of the molecule is CCCNc1nnc(CSc2nc(=O)c(=O)[nH]n2C)s1. The fraction of sp³-hybridized carbons (Fsp3) is 0.500. The van der Waals surface area contributed by atoms with Crippen molar-refractivity contribution in [3.8, 4) is 0 Å². The normalized spacial score (nSPS) is 10.7. The third-order valence-corrected chi connectivity index (χ3v) is 4.37. The number of aryl methyl sites for hydroxylation is 1. The summed E-state index contributed by atoms with van der Waals surface area (Å²) in [6.45, 7) is 2.94. The minimum atomic E-state index is -0.784.